The van der Waals surface area contributed by atoms with Gasteiger partial charge in [0.25, 0.3) is 0 Å². The number of nitrogens with zero attached hydrogens (tertiary/aromatic N) is 4. The molecule has 2 fully saturated rings. The number of methoxy groups -OCH3 is 1. The van der Waals surface area contributed by atoms with Crippen molar-refractivity contribution < 1.29 is 9.84 Å². The number of aliphatic hydroxyl groups is 1. The van der Waals surface area contributed by atoms with Crippen LogP contribution in [0.3, 0.4) is 0 Å². The van der Waals surface area contributed by atoms with Gasteiger partial charge in [0.1, 0.15) is 0 Å². The summed E-state index contributed by atoms with van der Waals surface area (Å²) in [6.07, 6.45) is 8.43. The van der Waals surface area contributed by atoms with Crippen LogP contribution in [0.25, 0.3) is 0 Å². The van der Waals surface area contributed by atoms with Crippen molar-refractivity contribution in [3.8, 4) is 5.88 Å². The minimum absolute atomic E-state index is 0. The Labute approximate surface area is 170 Å². The number of hydrogen-bond acceptors (Lipinski definition) is 7. The number of rotatable bonds is 5. The van der Waals surface area contributed by atoms with Crippen LogP contribution in [0.2, 0.25) is 0 Å². The summed E-state index contributed by atoms with van der Waals surface area (Å²) in [4.78, 5) is 9.93. The summed E-state index contributed by atoms with van der Waals surface area (Å²) < 4.78 is 9.74. The van der Waals surface area contributed by atoms with E-state index in [2.05, 4.69) is 32.0 Å². The van der Waals surface area contributed by atoms with E-state index in [4.69, 9.17) is 9.84 Å². The lowest BCUT2D eigenvalue weighted by atomic mass is 10.0. The second-order valence-electron chi connectivity index (χ2n) is 6.53. The zero-order chi connectivity index (χ0) is 18.5. The van der Waals surface area contributed by atoms with Crippen LogP contribution in [0.1, 0.15) is 20.3 Å². The van der Waals surface area contributed by atoms with E-state index in [1.807, 2.05) is 48.4 Å². The molecule has 8 heteroatoms. The minimum atomic E-state index is 0. The Morgan fingerprint density at radius 2 is 1.85 bits per heavy atom. The molecule has 150 valence electrons. The van der Waals surface area contributed by atoms with Crippen LogP contribution < -0.4 is 4.74 Å². The lowest BCUT2D eigenvalue weighted by Crippen LogP contribution is -2.15. The van der Waals surface area contributed by atoms with Gasteiger partial charge in [-0.2, -0.15) is 0 Å². The van der Waals surface area contributed by atoms with E-state index in [0.29, 0.717) is 5.88 Å². The van der Waals surface area contributed by atoms with Crippen LogP contribution in [0, 0.1) is 11.8 Å². The SMILES string of the molecule is C.CO.COc1ccc(SN2CC3CC(Sc4nccn4C)C[C@@H]3C2)cn1. The molecule has 0 aromatic carbocycles. The van der Waals surface area contributed by atoms with Gasteiger partial charge in [-0.1, -0.05) is 19.2 Å². The van der Waals surface area contributed by atoms with Gasteiger partial charge in [0.15, 0.2) is 5.16 Å². The van der Waals surface area contributed by atoms with Crippen molar-refractivity contribution in [2.45, 2.75) is 35.6 Å². The Bertz CT molecular complexity index is 681. The van der Waals surface area contributed by atoms with E-state index in [1.165, 1.54) is 30.8 Å². The average molecular weight is 411 g/mol. The maximum absolute atomic E-state index is 7.00. The number of aromatic nitrogens is 3. The highest BCUT2D eigenvalue weighted by atomic mass is 32.2. The van der Waals surface area contributed by atoms with Gasteiger partial charge in [0.05, 0.1) is 7.11 Å². The normalized spacial score (nSPS) is 23.9. The Hall–Kier alpha value is -1.22. The molecular weight excluding hydrogens is 380 g/mol. The van der Waals surface area contributed by atoms with Crippen molar-refractivity contribution in [1.82, 2.24) is 18.8 Å². The number of ether oxygens (including phenoxy) is 1. The van der Waals surface area contributed by atoms with Crippen LogP contribution in [0.4, 0.5) is 0 Å². The molecule has 2 aromatic heterocycles. The molecule has 0 bridgehead atoms. The Balaban J connectivity index is 0.000000844. The monoisotopic (exact) mass is 410 g/mol. The molecular formula is C19H30N4O2S2. The lowest BCUT2D eigenvalue weighted by Gasteiger charge is -2.17. The van der Waals surface area contributed by atoms with Crippen molar-refractivity contribution in [2.24, 2.45) is 18.9 Å². The van der Waals surface area contributed by atoms with Gasteiger partial charge in [-0.3, -0.25) is 0 Å². The van der Waals surface area contributed by atoms with Gasteiger partial charge >= 0.3 is 0 Å². The fourth-order valence-corrected chi connectivity index (χ4v) is 6.07. The number of pyridine rings is 1. The maximum atomic E-state index is 7.00. The number of hydrogen-bond donors (Lipinski definition) is 1. The highest BCUT2D eigenvalue weighted by molar-refractivity contribution is 7.99. The average Bonchev–Trinajstić information content (AvgIpc) is 3.33. The van der Waals surface area contributed by atoms with Crippen molar-refractivity contribution in [1.29, 1.82) is 0 Å². The molecule has 1 saturated heterocycles. The lowest BCUT2D eigenvalue weighted by molar-refractivity contribution is 0.397. The van der Waals surface area contributed by atoms with Gasteiger partial charge < -0.3 is 14.4 Å². The predicted molar refractivity (Wildman–Crippen MR) is 112 cm³/mol. The second-order valence-corrected chi connectivity index (χ2v) is 8.96. The maximum Gasteiger partial charge on any atom is 0.212 e. The molecule has 2 aliphatic rings. The van der Waals surface area contributed by atoms with Crippen molar-refractivity contribution >= 4 is 23.7 Å². The van der Waals surface area contributed by atoms with Crippen LogP contribution in [0.15, 0.2) is 40.8 Å². The van der Waals surface area contributed by atoms with Crippen LogP contribution in [-0.4, -0.2) is 56.5 Å². The van der Waals surface area contributed by atoms with E-state index in [-0.39, 0.29) is 7.43 Å². The standard InChI is InChI=1S/C17H22N4OS2.CH4O.CH4/c1-20-6-5-18-17(20)23-15-7-12-10-21(11-13(12)8-15)24-14-3-4-16(22-2)19-9-14;1-2;/h3-6,9,12-13,15H,7-8,10-11H2,1-2H3;2H,1H3;1H4/t12-,13?,15?;;/m1../s1. The summed E-state index contributed by atoms with van der Waals surface area (Å²) in [5, 5.41) is 8.87. The molecule has 0 spiro atoms. The van der Waals surface area contributed by atoms with E-state index < -0.39 is 0 Å². The summed E-state index contributed by atoms with van der Waals surface area (Å²) in [5.41, 5.74) is 0. The van der Waals surface area contributed by atoms with Gasteiger partial charge in [-0.25, -0.2) is 14.3 Å². The summed E-state index contributed by atoms with van der Waals surface area (Å²) in [7, 11) is 4.72. The molecule has 6 nitrogen and oxygen atoms in total. The van der Waals surface area contributed by atoms with Crippen LogP contribution >= 0.6 is 23.7 Å². The fourth-order valence-electron chi connectivity index (χ4n) is 3.68. The van der Waals surface area contributed by atoms with Gasteiger partial charge in [0.2, 0.25) is 5.88 Å². The first-order valence-electron chi connectivity index (χ1n) is 8.73. The zero-order valence-electron chi connectivity index (χ0n) is 15.4. The first-order chi connectivity index (χ1) is 12.7. The zero-order valence-corrected chi connectivity index (χ0v) is 17.0. The molecule has 1 N–H and O–H groups in total. The highest BCUT2D eigenvalue weighted by Gasteiger charge is 2.41. The van der Waals surface area contributed by atoms with Crippen LogP contribution in [-0.2, 0) is 7.05 Å². The number of aryl methyl sites for hydroxylation is 1. The van der Waals surface area contributed by atoms with Gasteiger partial charge in [-0.05, 0) is 42.7 Å². The third-order valence-electron chi connectivity index (χ3n) is 4.88. The summed E-state index contributed by atoms with van der Waals surface area (Å²) in [5.74, 6) is 2.31. The summed E-state index contributed by atoms with van der Waals surface area (Å²) >= 11 is 3.78. The Kier molecular flexibility index (Phi) is 8.47. The molecule has 0 amide bonds. The second kappa shape index (κ2) is 10.4. The van der Waals surface area contributed by atoms with E-state index in [0.717, 1.165) is 29.4 Å². The molecule has 1 aliphatic heterocycles. The summed E-state index contributed by atoms with van der Waals surface area (Å²) in [6.45, 7) is 2.36. The Morgan fingerprint density at radius 3 is 2.37 bits per heavy atom. The first-order valence-corrected chi connectivity index (χ1v) is 10.4. The Morgan fingerprint density at radius 1 is 1.15 bits per heavy atom. The van der Waals surface area contributed by atoms with Gasteiger partial charge in [0, 0.05) is 62.0 Å². The highest BCUT2D eigenvalue weighted by Crippen LogP contribution is 2.46. The topological polar surface area (TPSA) is 63.4 Å². The molecule has 2 unspecified atom stereocenters. The molecule has 0 radical (unpaired) electrons. The molecule has 3 atom stereocenters. The third-order valence-corrected chi connectivity index (χ3v) is 7.21. The number of thioether (sulfide) groups is 1. The predicted octanol–water partition coefficient (Wildman–Crippen LogP) is 3.58. The number of aliphatic hydroxyl groups excluding tert-OH is 1. The quantitative estimate of drug-likeness (QED) is 0.756. The van der Waals surface area contributed by atoms with E-state index >= 15 is 0 Å². The van der Waals surface area contributed by atoms with Crippen molar-refractivity contribution in [2.75, 3.05) is 27.3 Å². The van der Waals surface area contributed by atoms with Crippen LogP contribution in [0.5, 0.6) is 5.88 Å². The number of fused-ring (bicyclic) bond motifs is 1. The summed E-state index contributed by atoms with van der Waals surface area (Å²) in [6, 6.07) is 4.02. The molecule has 4 rings (SSSR count). The molecule has 27 heavy (non-hydrogen) atoms. The van der Waals surface area contributed by atoms with Gasteiger partial charge in [-0.15, -0.1) is 0 Å². The minimum Gasteiger partial charge on any atom is -0.481 e. The molecule has 1 saturated carbocycles. The largest absolute Gasteiger partial charge is 0.481 e. The molecule has 1 aliphatic carbocycles. The smallest absolute Gasteiger partial charge is 0.212 e. The first kappa shape index (κ1) is 22.1. The molecule has 3 heterocycles. The third kappa shape index (κ3) is 5.40. The van der Waals surface area contributed by atoms with E-state index in [1.54, 1.807) is 7.11 Å². The fraction of sp³-hybridized carbons (Fsp3) is 0.579. The van der Waals surface area contributed by atoms with E-state index in [9.17, 15) is 0 Å². The van der Waals surface area contributed by atoms with Crippen molar-refractivity contribution in [3.05, 3.63) is 30.7 Å². The van der Waals surface area contributed by atoms with Crippen molar-refractivity contribution in [3.63, 3.8) is 0 Å². The molecule has 2 aromatic rings. The number of imidazole rings is 1.